The van der Waals surface area contributed by atoms with Gasteiger partial charge in [0.1, 0.15) is 29.2 Å². The number of fused-ring (bicyclic) bond motifs is 1. The average Bonchev–Trinajstić information content (AvgIpc) is 3.56. The molecule has 1 aliphatic carbocycles. The average molecular weight is 596 g/mol. The summed E-state index contributed by atoms with van der Waals surface area (Å²) in [5, 5.41) is 16.0. The van der Waals surface area contributed by atoms with Crippen molar-refractivity contribution in [2.75, 3.05) is 13.7 Å². The number of carboxylic acid groups (broad SMARTS) is 1. The molecule has 0 bridgehead atoms. The second-order valence-corrected chi connectivity index (χ2v) is 12.5. The van der Waals surface area contributed by atoms with E-state index in [4.69, 9.17) is 22.4 Å². The van der Waals surface area contributed by atoms with Crippen molar-refractivity contribution < 1.29 is 29.0 Å². The van der Waals surface area contributed by atoms with Crippen LogP contribution in [0.2, 0.25) is 0 Å². The second kappa shape index (κ2) is 12.0. The number of nitrogens with one attached hydrogen (secondary N) is 2. The number of amides is 2. The van der Waals surface area contributed by atoms with E-state index in [0.717, 1.165) is 10.9 Å². The van der Waals surface area contributed by atoms with E-state index in [1.807, 2.05) is 75.4 Å². The van der Waals surface area contributed by atoms with Crippen molar-refractivity contribution in [3.63, 3.8) is 0 Å². The Labute approximate surface area is 258 Å². The van der Waals surface area contributed by atoms with Crippen molar-refractivity contribution >= 4 is 36.7 Å². The predicted octanol–water partition coefficient (Wildman–Crippen LogP) is 3.49. The number of methoxy groups -OCH3 is 1. The number of likely N-dealkylation sites (tertiary alicyclic amines) is 1. The lowest BCUT2D eigenvalue weighted by Gasteiger charge is -2.35. The number of rotatable bonds is 10. The van der Waals surface area contributed by atoms with Gasteiger partial charge in [-0.2, -0.15) is 0 Å². The van der Waals surface area contributed by atoms with Crippen LogP contribution in [0.4, 0.5) is 0 Å². The Morgan fingerprint density at radius 2 is 1.91 bits per heavy atom. The third-order valence-electron chi connectivity index (χ3n) is 8.50. The summed E-state index contributed by atoms with van der Waals surface area (Å²) in [6, 6.07) is 15.3. The van der Waals surface area contributed by atoms with Crippen molar-refractivity contribution in [2.24, 2.45) is 11.3 Å². The number of aromatic nitrogens is 1. The van der Waals surface area contributed by atoms with Gasteiger partial charge in [-0.1, -0.05) is 57.2 Å². The van der Waals surface area contributed by atoms with Crippen LogP contribution in [0.25, 0.3) is 22.2 Å². The van der Waals surface area contributed by atoms with Gasteiger partial charge in [0.15, 0.2) is 7.98 Å². The molecule has 3 N–H and O–H groups in total. The largest absolute Gasteiger partial charge is 0.497 e. The van der Waals surface area contributed by atoms with Gasteiger partial charge in [0.25, 0.3) is 0 Å². The molecule has 2 radical (unpaired) electrons. The predicted molar refractivity (Wildman–Crippen MR) is 167 cm³/mol. The lowest BCUT2D eigenvalue weighted by atomic mass is 9.84. The van der Waals surface area contributed by atoms with E-state index in [1.54, 1.807) is 7.11 Å². The van der Waals surface area contributed by atoms with E-state index in [0.29, 0.717) is 22.7 Å². The van der Waals surface area contributed by atoms with E-state index in [9.17, 15) is 19.5 Å². The molecular weight excluding hydrogens is 559 g/mol. The molecule has 2 fully saturated rings. The van der Waals surface area contributed by atoms with Gasteiger partial charge in [-0.15, -0.1) is 6.58 Å². The first-order valence-corrected chi connectivity index (χ1v) is 14.6. The van der Waals surface area contributed by atoms with Crippen molar-refractivity contribution in [3.8, 4) is 22.8 Å². The molecule has 44 heavy (non-hydrogen) atoms. The molecule has 5 rings (SSSR count). The first-order valence-electron chi connectivity index (χ1n) is 14.6. The van der Waals surface area contributed by atoms with Gasteiger partial charge in [0.2, 0.25) is 11.8 Å². The number of ether oxygens (including phenoxy) is 2. The summed E-state index contributed by atoms with van der Waals surface area (Å²) in [5.74, 6) is -1.29. The summed E-state index contributed by atoms with van der Waals surface area (Å²) in [4.78, 5) is 46.0. The van der Waals surface area contributed by atoms with Crippen LogP contribution in [0.5, 0.6) is 11.5 Å². The molecule has 5 atom stereocenters. The fourth-order valence-corrected chi connectivity index (χ4v) is 5.89. The summed E-state index contributed by atoms with van der Waals surface area (Å²) < 4.78 is 12.0. The third-order valence-corrected chi connectivity index (χ3v) is 8.50. The van der Waals surface area contributed by atoms with Gasteiger partial charge in [-0.05, 0) is 24.0 Å². The summed E-state index contributed by atoms with van der Waals surface area (Å²) >= 11 is 0. The Bertz CT molecular complexity index is 1590. The maximum absolute atomic E-state index is 13.9. The minimum atomic E-state index is -1.44. The Morgan fingerprint density at radius 3 is 2.50 bits per heavy atom. The molecule has 2 aliphatic rings. The number of nitrogens with zero attached hydrogens (tertiary/aromatic N) is 2. The molecule has 1 aliphatic heterocycles. The highest BCUT2D eigenvalue weighted by Gasteiger charge is 2.61. The van der Waals surface area contributed by atoms with Crippen molar-refractivity contribution in [1.82, 2.24) is 20.4 Å². The van der Waals surface area contributed by atoms with E-state index in [1.165, 1.54) is 11.0 Å². The lowest BCUT2D eigenvalue weighted by molar-refractivity contribution is -0.146. The maximum Gasteiger partial charge on any atom is 0.330 e. The Kier molecular flexibility index (Phi) is 8.44. The lowest BCUT2D eigenvalue weighted by Crippen LogP contribution is -2.58. The minimum absolute atomic E-state index is 0.0940. The Balaban J connectivity index is 1.50. The van der Waals surface area contributed by atoms with Crippen LogP contribution in [0.3, 0.4) is 0 Å². The fourth-order valence-electron chi connectivity index (χ4n) is 5.89. The standard InChI is InChI=1S/C33H37BN4O6/c1-6-20-17-33(20,31(41)42)36-29(39)26-15-22(18-38(26)30(40)28(37-34)32(2,3)4)44-27-16-24(19-10-8-7-9-11-19)35-25-14-21(43-5)12-13-23(25)27/h6-14,16,20,22,26,28,37H,1,15,17-18H2,2-5H3,(H,36,39)(H,41,42)/t20?,22-,26?,28-,33-/m1/s1. The number of carbonyl (C=O) groups is 3. The van der Waals surface area contributed by atoms with Crippen LogP contribution < -0.4 is 20.0 Å². The topological polar surface area (TPSA) is 130 Å². The highest BCUT2D eigenvalue weighted by Crippen LogP contribution is 2.45. The van der Waals surface area contributed by atoms with E-state index in [2.05, 4.69) is 17.1 Å². The zero-order valence-corrected chi connectivity index (χ0v) is 25.4. The summed E-state index contributed by atoms with van der Waals surface area (Å²) in [5.41, 5.74) is 0.240. The van der Waals surface area contributed by atoms with E-state index in [-0.39, 0.29) is 25.3 Å². The van der Waals surface area contributed by atoms with Gasteiger partial charge in [0.05, 0.1) is 30.9 Å². The van der Waals surface area contributed by atoms with Gasteiger partial charge in [0, 0.05) is 35.4 Å². The molecule has 2 heterocycles. The number of carbonyl (C=O) groups excluding carboxylic acids is 2. The number of hydrogen-bond acceptors (Lipinski definition) is 7. The van der Waals surface area contributed by atoms with Crippen molar-refractivity contribution in [1.29, 1.82) is 0 Å². The van der Waals surface area contributed by atoms with Crippen molar-refractivity contribution in [3.05, 3.63) is 67.3 Å². The van der Waals surface area contributed by atoms with Crippen LogP contribution in [0, 0.1) is 11.3 Å². The smallest absolute Gasteiger partial charge is 0.330 e. The highest BCUT2D eigenvalue weighted by molar-refractivity contribution is 6.07. The minimum Gasteiger partial charge on any atom is -0.497 e. The monoisotopic (exact) mass is 596 g/mol. The number of pyridine rings is 1. The summed E-state index contributed by atoms with van der Waals surface area (Å²) in [7, 11) is 7.40. The molecule has 228 valence electrons. The first-order chi connectivity index (χ1) is 20.9. The van der Waals surface area contributed by atoms with Gasteiger partial charge < -0.3 is 30.0 Å². The van der Waals surface area contributed by atoms with Crippen LogP contribution in [-0.4, -0.2) is 78.1 Å². The molecule has 1 saturated carbocycles. The number of hydrogen-bond donors (Lipinski definition) is 3. The molecule has 2 aromatic carbocycles. The molecule has 1 aromatic heterocycles. The normalized spacial score (nSPS) is 23.5. The number of aliphatic carboxylic acids is 1. The number of carboxylic acids is 1. The molecule has 3 aromatic rings. The summed E-state index contributed by atoms with van der Waals surface area (Å²) in [6.45, 7) is 9.40. The van der Waals surface area contributed by atoms with Crippen LogP contribution >= 0.6 is 0 Å². The molecule has 2 amide bonds. The molecule has 11 heteroatoms. The second-order valence-electron chi connectivity index (χ2n) is 12.5. The van der Waals surface area contributed by atoms with Gasteiger partial charge >= 0.3 is 5.97 Å². The first kappa shape index (κ1) is 31.1. The Morgan fingerprint density at radius 1 is 1.18 bits per heavy atom. The third kappa shape index (κ3) is 5.88. The quantitative estimate of drug-likeness (QED) is 0.240. The molecule has 0 spiro atoms. The fraction of sp³-hybridized carbons (Fsp3) is 0.394. The molecule has 2 unspecified atom stereocenters. The molecule has 1 saturated heterocycles. The zero-order chi connectivity index (χ0) is 31.8. The maximum atomic E-state index is 13.9. The van der Waals surface area contributed by atoms with Crippen molar-refractivity contribution in [2.45, 2.75) is 57.3 Å². The Hall–Kier alpha value is -4.38. The zero-order valence-electron chi connectivity index (χ0n) is 25.4. The van der Waals surface area contributed by atoms with Gasteiger partial charge in [-0.25, -0.2) is 9.78 Å². The molecule has 10 nitrogen and oxygen atoms in total. The number of benzene rings is 2. The molecular formula is C33H37BN4O6. The highest BCUT2D eigenvalue weighted by atomic mass is 16.5. The van der Waals surface area contributed by atoms with Crippen LogP contribution in [0.1, 0.15) is 33.6 Å². The van der Waals surface area contributed by atoms with E-state index >= 15 is 0 Å². The van der Waals surface area contributed by atoms with Crippen LogP contribution in [-0.2, 0) is 14.4 Å². The SMILES string of the molecule is [B]N[C@H](C(=O)N1C[C@H](Oc2cc(-c3ccccc3)nc3cc(OC)ccc23)CC1C(=O)N[C@]1(C(=O)O)CC1C=C)C(C)(C)C. The summed E-state index contributed by atoms with van der Waals surface area (Å²) in [6.07, 6.45) is 1.33. The van der Waals surface area contributed by atoms with E-state index < -0.39 is 46.9 Å². The van der Waals surface area contributed by atoms with Gasteiger partial charge in [-0.3, -0.25) is 9.59 Å². The van der Waals surface area contributed by atoms with Crippen LogP contribution in [0.15, 0.2) is 67.3 Å².